The zero-order valence-corrected chi connectivity index (χ0v) is 15.7. The van der Waals surface area contributed by atoms with E-state index in [4.69, 9.17) is 4.84 Å². The Bertz CT molecular complexity index is 878. The fourth-order valence-corrected chi connectivity index (χ4v) is 3.38. The van der Waals surface area contributed by atoms with Crippen LogP contribution in [-0.2, 0) is 11.4 Å². The van der Waals surface area contributed by atoms with Crippen LogP contribution in [0.1, 0.15) is 21.7 Å². The molecule has 3 rings (SSSR count). The summed E-state index contributed by atoms with van der Waals surface area (Å²) in [5.74, 6) is -0.0204. The zero-order valence-electron chi connectivity index (χ0n) is 13.3. The smallest absolute Gasteiger partial charge is 0.179 e. The van der Waals surface area contributed by atoms with Gasteiger partial charge in [-0.1, -0.05) is 69.6 Å². The van der Waals surface area contributed by atoms with Gasteiger partial charge in [0.2, 0.25) is 0 Å². The van der Waals surface area contributed by atoms with Crippen LogP contribution in [-0.4, -0.2) is 17.0 Å². The van der Waals surface area contributed by atoms with Crippen molar-refractivity contribution in [3.05, 3.63) is 75.7 Å². The number of rotatable bonds is 7. The molecule has 2 aromatic carbocycles. The topological polar surface area (TPSA) is 51.5 Å². The maximum atomic E-state index is 12.2. The highest BCUT2D eigenvalue weighted by Gasteiger charge is 2.10. The predicted octanol–water partition coefficient (Wildman–Crippen LogP) is 5.35. The second kappa shape index (κ2) is 8.69. The lowest BCUT2D eigenvalue weighted by Crippen LogP contribution is -1.97. The average Bonchev–Trinajstić information content (AvgIpc) is 3.14. The summed E-state index contributed by atoms with van der Waals surface area (Å²) in [7, 11) is 0. The lowest BCUT2D eigenvalue weighted by molar-refractivity contribution is 0.0999. The summed E-state index contributed by atoms with van der Waals surface area (Å²) in [6.45, 7) is 0.352. The molecule has 0 N–H and O–H groups in total. The maximum absolute atomic E-state index is 12.2. The minimum atomic E-state index is -0.0204. The van der Waals surface area contributed by atoms with Crippen LogP contribution in [0, 0.1) is 0 Å². The number of carbonyl (C=O) groups is 1. The van der Waals surface area contributed by atoms with Gasteiger partial charge >= 0.3 is 0 Å². The molecule has 0 amide bonds. The number of ketones is 1. The Morgan fingerprint density at radius 2 is 1.92 bits per heavy atom. The molecular formula is C19H15BrN2O2S. The van der Waals surface area contributed by atoms with Crippen LogP contribution >= 0.6 is 27.3 Å². The molecule has 0 aliphatic heterocycles. The van der Waals surface area contributed by atoms with Gasteiger partial charge in [0.15, 0.2) is 5.78 Å². The molecule has 0 aliphatic rings. The number of halogens is 1. The molecule has 0 bridgehead atoms. The van der Waals surface area contributed by atoms with Gasteiger partial charge in [0.1, 0.15) is 11.6 Å². The highest BCUT2D eigenvalue weighted by Crippen LogP contribution is 2.25. The summed E-state index contributed by atoms with van der Waals surface area (Å²) in [5.41, 5.74) is 2.01. The Labute approximate surface area is 158 Å². The van der Waals surface area contributed by atoms with Gasteiger partial charge in [-0.15, -0.1) is 11.3 Å². The van der Waals surface area contributed by atoms with Crippen molar-refractivity contribution in [2.75, 3.05) is 0 Å². The summed E-state index contributed by atoms with van der Waals surface area (Å²) in [4.78, 5) is 22.4. The standard InChI is InChI=1S/C19H15BrN2O2S/c20-16-9-5-4-8-15(16)13-24-22-11-10-17(23)18-12-21-19(25-18)14-6-2-1-3-7-14/h1-9,11-12H,10,13H2. The summed E-state index contributed by atoms with van der Waals surface area (Å²) < 4.78 is 0.972. The highest BCUT2D eigenvalue weighted by atomic mass is 79.9. The molecule has 0 radical (unpaired) electrons. The van der Waals surface area contributed by atoms with Crippen LogP contribution < -0.4 is 0 Å². The van der Waals surface area contributed by atoms with E-state index in [-0.39, 0.29) is 12.2 Å². The Hall–Kier alpha value is -2.31. The van der Waals surface area contributed by atoms with Crippen molar-refractivity contribution in [2.45, 2.75) is 13.0 Å². The molecule has 0 atom stereocenters. The first-order valence-corrected chi connectivity index (χ1v) is 9.26. The molecule has 4 nitrogen and oxygen atoms in total. The van der Waals surface area contributed by atoms with Crippen LogP contribution in [0.5, 0.6) is 0 Å². The Balaban J connectivity index is 1.51. The van der Waals surface area contributed by atoms with Crippen molar-refractivity contribution in [3.63, 3.8) is 0 Å². The van der Waals surface area contributed by atoms with Crippen molar-refractivity contribution in [1.82, 2.24) is 4.98 Å². The van der Waals surface area contributed by atoms with Gasteiger partial charge in [0.05, 0.1) is 17.5 Å². The van der Waals surface area contributed by atoms with E-state index in [0.29, 0.717) is 11.5 Å². The predicted molar refractivity (Wildman–Crippen MR) is 104 cm³/mol. The lowest BCUT2D eigenvalue weighted by atomic mass is 10.2. The number of hydrogen-bond acceptors (Lipinski definition) is 5. The third-order valence-corrected chi connectivity index (χ3v) is 5.27. The molecule has 0 spiro atoms. The molecule has 1 aromatic heterocycles. The Morgan fingerprint density at radius 3 is 2.72 bits per heavy atom. The van der Waals surface area contributed by atoms with Crippen molar-refractivity contribution in [2.24, 2.45) is 5.16 Å². The van der Waals surface area contributed by atoms with E-state index in [2.05, 4.69) is 26.1 Å². The number of hydrogen-bond donors (Lipinski definition) is 0. The van der Waals surface area contributed by atoms with Crippen LogP contribution in [0.3, 0.4) is 0 Å². The van der Waals surface area contributed by atoms with Gasteiger partial charge < -0.3 is 4.84 Å². The van der Waals surface area contributed by atoms with Crippen molar-refractivity contribution >= 4 is 39.3 Å². The number of benzene rings is 2. The first-order valence-electron chi connectivity index (χ1n) is 7.65. The molecule has 25 heavy (non-hydrogen) atoms. The molecule has 1 heterocycles. The summed E-state index contributed by atoms with van der Waals surface area (Å²) >= 11 is 4.84. The first kappa shape index (κ1) is 17.5. The van der Waals surface area contributed by atoms with E-state index in [1.54, 1.807) is 6.20 Å². The number of thiazole rings is 1. The molecule has 0 saturated carbocycles. The van der Waals surface area contributed by atoms with Crippen molar-refractivity contribution < 1.29 is 9.63 Å². The van der Waals surface area contributed by atoms with Gasteiger partial charge in [-0.25, -0.2) is 4.98 Å². The number of aromatic nitrogens is 1. The van der Waals surface area contributed by atoms with Gasteiger partial charge in [-0.05, 0) is 6.07 Å². The van der Waals surface area contributed by atoms with E-state index in [0.717, 1.165) is 20.6 Å². The second-order valence-electron chi connectivity index (χ2n) is 5.18. The second-order valence-corrected chi connectivity index (χ2v) is 7.06. The van der Waals surface area contributed by atoms with Crippen molar-refractivity contribution in [3.8, 4) is 10.6 Å². The lowest BCUT2D eigenvalue weighted by Gasteiger charge is -2.01. The SMILES string of the molecule is O=C(CC=NOCc1ccccc1Br)c1cnc(-c2ccccc2)s1. The number of carbonyl (C=O) groups excluding carboxylic acids is 1. The molecule has 0 aliphatic carbocycles. The molecule has 3 aromatic rings. The summed E-state index contributed by atoms with van der Waals surface area (Å²) in [5, 5.41) is 4.69. The molecule has 126 valence electrons. The molecule has 6 heteroatoms. The fraction of sp³-hybridized carbons (Fsp3) is 0.105. The fourth-order valence-electron chi connectivity index (χ4n) is 2.11. The van der Waals surface area contributed by atoms with Gasteiger partial charge in [0.25, 0.3) is 0 Å². The van der Waals surface area contributed by atoms with E-state index >= 15 is 0 Å². The summed E-state index contributed by atoms with van der Waals surface area (Å²) in [6, 6.07) is 17.6. The molecular weight excluding hydrogens is 400 g/mol. The Kier molecular flexibility index (Phi) is 6.09. The van der Waals surface area contributed by atoms with E-state index in [9.17, 15) is 4.79 Å². The largest absolute Gasteiger partial charge is 0.391 e. The van der Waals surface area contributed by atoms with E-state index < -0.39 is 0 Å². The van der Waals surface area contributed by atoms with Gasteiger partial charge in [0, 0.05) is 21.8 Å². The van der Waals surface area contributed by atoms with Crippen molar-refractivity contribution in [1.29, 1.82) is 0 Å². The molecule has 0 saturated heterocycles. The minimum absolute atomic E-state index is 0.0204. The van der Waals surface area contributed by atoms with Crippen LogP contribution in [0.15, 0.2) is 70.4 Å². The van der Waals surface area contributed by atoms with Crippen LogP contribution in [0.4, 0.5) is 0 Å². The molecule has 0 fully saturated rings. The monoisotopic (exact) mass is 414 g/mol. The van der Waals surface area contributed by atoms with E-state index in [1.165, 1.54) is 17.6 Å². The van der Waals surface area contributed by atoms with Crippen LogP contribution in [0.25, 0.3) is 10.6 Å². The third kappa shape index (κ3) is 4.84. The van der Waals surface area contributed by atoms with Gasteiger partial charge in [-0.3, -0.25) is 4.79 Å². The summed E-state index contributed by atoms with van der Waals surface area (Å²) in [6.07, 6.45) is 3.29. The zero-order chi connectivity index (χ0) is 17.5. The Morgan fingerprint density at radius 1 is 1.16 bits per heavy atom. The maximum Gasteiger partial charge on any atom is 0.179 e. The first-order chi connectivity index (χ1) is 12.2. The highest BCUT2D eigenvalue weighted by molar-refractivity contribution is 9.10. The number of nitrogens with zero attached hydrogens (tertiary/aromatic N) is 2. The molecule has 0 unspecified atom stereocenters. The number of Topliss-reactive ketones (excluding diaryl/α,β-unsaturated/α-hetero) is 1. The van der Waals surface area contributed by atoms with Crippen LogP contribution in [0.2, 0.25) is 0 Å². The third-order valence-electron chi connectivity index (χ3n) is 3.40. The van der Waals surface area contributed by atoms with Gasteiger partial charge in [-0.2, -0.15) is 0 Å². The number of oxime groups is 1. The minimum Gasteiger partial charge on any atom is -0.391 e. The normalized spacial score (nSPS) is 10.9. The average molecular weight is 415 g/mol. The van der Waals surface area contributed by atoms with E-state index in [1.807, 2.05) is 54.6 Å². The quantitative estimate of drug-likeness (QED) is 0.297.